The molecule has 0 aromatic heterocycles. The zero-order chi connectivity index (χ0) is 13.9. The maximum Gasteiger partial charge on any atom is 0.00684 e. The van der Waals surface area contributed by atoms with Crippen LogP contribution in [-0.4, -0.2) is 62.7 Å². The van der Waals surface area contributed by atoms with Gasteiger partial charge in [-0.25, -0.2) is 0 Å². The van der Waals surface area contributed by atoms with E-state index in [-0.39, 0.29) is 0 Å². The molecule has 112 valence electrons. The molecule has 3 nitrogen and oxygen atoms in total. The Morgan fingerprint density at radius 3 is 2.37 bits per heavy atom. The maximum atomic E-state index is 3.68. The van der Waals surface area contributed by atoms with E-state index in [1.165, 1.54) is 51.9 Å². The monoisotopic (exact) mass is 267 g/mol. The Morgan fingerprint density at radius 2 is 1.79 bits per heavy atom. The van der Waals surface area contributed by atoms with Crippen molar-refractivity contribution in [3.63, 3.8) is 0 Å². The molecule has 0 bridgehead atoms. The van der Waals surface area contributed by atoms with Gasteiger partial charge in [-0.3, -0.25) is 0 Å². The normalized spacial score (nSPS) is 23.2. The van der Waals surface area contributed by atoms with Gasteiger partial charge in [-0.2, -0.15) is 0 Å². The molecule has 1 N–H and O–H groups in total. The Morgan fingerprint density at radius 1 is 1.16 bits per heavy atom. The summed E-state index contributed by atoms with van der Waals surface area (Å²) in [4.78, 5) is 5.02. The van der Waals surface area contributed by atoms with Crippen molar-refractivity contribution in [1.29, 1.82) is 0 Å². The van der Waals surface area contributed by atoms with E-state index < -0.39 is 0 Å². The van der Waals surface area contributed by atoms with Crippen molar-refractivity contribution in [3.8, 4) is 0 Å². The van der Waals surface area contributed by atoms with Crippen LogP contribution in [0.15, 0.2) is 0 Å². The quantitative estimate of drug-likeness (QED) is 0.761. The lowest BCUT2D eigenvalue weighted by Crippen LogP contribution is -2.42. The summed E-state index contributed by atoms with van der Waals surface area (Å²) in [6, 6.07) is 0.832. The van der Waals surface area contributed by atoms with Crippen LogP contribution in [0.4, 0.5) is 0 Å². The number of nitrogens with one attached hydrogen (secondary N) is 1. The van der Waals surface area contributed by atoms with E-state index in [9.17, 15) is 0 Å². The van der Waals surface area contributed by atoms with Crippen LogP contribution in [0.25, 0.3) is 0 Å². The van der Waals surface area contributed by atoms with Crippen molar-refractivity contribution >= 4 is 0 Å². The second kappa shape index (κ2) is 6.55. The van der Waals surface area contributed by atoms with Gasteiger partial charge in [0.2, 0.25) is 0 Å². The molecule has 19 heavy (non-hydrogen) atoms. The van der Waals surface area contributed by atoms with E-state index in [0.29, 0.717) is 5.41 Å². The van der Waals surface area contributed by atoms with Crippen LogP contribution >= 0.6 is 0 Å². The molecular formula is C16H33N3. The molecule has 0 spiro atoms. The van der Waals surface area contributed by atoms with Crippen molar-refractivity contribution in [1.82, 2.24) is 15.1 Å². The highest BCUT2D eigenvalue weighted by Gasteiger charge is 2.27. The molecular weight excluding hydrogens is 234 g/mol. The van der Waals surface area contributed by atoms with Gasteiger partial charge in [0.25, 0.3) is 0 Å². The lowest BCUT2D eigenvalue weighted by atomic mass is 9.91. The average Bonchev–Trinajstić information content (AvgIpc) is 3.13. The van der Waals surface area contributed by atoms with E-state index in [0.717, 1.165) is 18.5 Å². The van der Waals surface area contributed by atoms with Crippen molar-refractivity contribution < 1.29 is 0 Å². The van der Waals surface area contributed by atoms with Gasteiger partial charge < -0.3 is 15.1 Å². The fraction of sp³-hybridized carbons (Fsp3) is 1.00. The number of hydrogen-bond acceptors (Lipinski definition) is 3. The van der Waals surface area contributed by atoms with Crippen LogP contribution in [0, 0.1) is 11.3 Å². The highest BCUT2D eigenvalue weighted by atomic mass is 15.1. The molecule has 0 aromatic rings. The molecule has 2 rings (SSSR count). The number of piperidine rings is 1. The fourth-order valence-corrected chi connectivity index (χ4v) is 3.24. The van der Waals surface area contributed by atoms with Crippen LogP contribution in [0.1, 0.15) is 39.5 Å². The molecule has 2 aliphatic rings. The first-order valence-electron chi connectivity index (χ1n) is 8.05. The van der Waals surface area contributed by atoms with Crippen LogP contribution in [0.2, 0.25) is 0 Å². The first-order chi connectivity index (χ1) is 8.94. The van der Waals surface area contributed by atoms with Gasteiger partial charge in [-0.1, -0.05) is 13.8 Å². The van der Waals surface area contributed by atoms with Crippen molar-refractivity contribution in [2.45, 2.75) is 45.6 Å². The standard InChI is InChI=1S/C16H33N3/c1-16(2,12-17-15-5-6-15)13-19(4)11-14-7-9-18(3)10-8-14/h14-15,17H,5-13H2,1-4H3. The smallest absolute Gasteiger partial charge is 0.00684 e. The summed E-state index contributed by atoms with van der Waals surface area (Å²) >= 11 is 0. The van der Waals surface area contributed by atoms with Crippen molar-refractivity contribution in [3.05, 3.63) is 0 Å². The van der Waals surface area contributed by atoms with Gasteiger partial charge in [-0.05, 0) is 64.2 Å². The minimum Gasteiger partial charge on any atom is -0.313 e. The van der Waals surface area contributed by atoms with Gasteiger partial charge in [0.05, 0.1) is 0 Å². The van der Waals surface area contributed by atoms with Crippen LogP contribution < -0.4 is 5.32 Å². The van der Waals surface area contributed by atoms with Crippen LogP contribution in [0.5, 0.6) is 0 Å². The third-order valence-electron chi connectivity index (χ3n) is 4.55. The summed E-state index contributed by atoms with van der Waals surface area (Å²) in [5.74, 6) is 0.911. The first kappa shape index (κ1) is 15.3. The summed E-state index contributed by atoms with van der Waals surface area (Å²) in [5, 5.41) is 3.68. The van der Waals surface area contributed by atoms with Crippen molar-refractivity contribution in [2.75, 3.05) is 46.8 Å². The molecule has 1 saturated heterocycles. The lowest BCUT2D eigenvalue weighted by molar-refractivity contribution is 0.143. The number of nitrogens with zero attached hydrogens (tertiary/aromatic N) is 2. The van der Waals surface area contributed by atoms with Gasteiger partial charge in [0.15, 0.2) is 0 Å². The lowest BCUT2D eigenvalue weighted by Gasteiger charge is -2.35. The summed E-state index contributed by atoms with van der Waals surface area (Å²) in [7, 11) is 4.55. The number of rotatable bonds is 7. The molecule has 3 heteroatoms. The van der Waals surface area contributed by atoms with E-state index in [1.807, 2.05) is 0 Å². The van der Waals surface area contributed by atoms with E-state index >= 15 is 0 Å². The molecule has 0 aromatic carbocycles. The summed E-state index contributed by atoms with van der Waals surface area (Å²) in [5.41, 5.74) is 0.392. The molecule has 0 atom stereocenters. The Kier molecular flexibility index (Phi) is 5.27. The summed E-state index contributed by atoms with van der Waals surface area (Å²) in [6.07, 6.45) is 5.53. The van der Waals surface area contributed by atoms with Gasteiger partial charge in [0, 0.05) is 25.7 Å². The average molecular weight is 267 g/mol. The number of likely N-dealkylation sites (tertiary alicyclic amines) is 1. The second-order valence-corrected chi connectivity index (χ2v) is 7.76. The predicted octanol–water partition coefficient (Wildman–Crippen LogP) is 2.04. The largest absolute Gasteiger partial charge is 0.313 e. The second-order valence-electron chi connectivity index (χ2n) is 7.76. The molecule has 1 heterocycles. The van der Waals surface area contributed by atoms with E-state index in [2.05, 4.69) is 43.1 Å². The predicted molar refractivity (Wildman–Crippen MR) is 82.5 cm³/mol. The third-order valence-corrected chi connectivity index (χ3v) is 4.55. The van der Waals surface area contributed by atoms with Gasteiger partial charge >= 0.3 is 0 Å². The summed E-state index contributed by atoms with van der Waals surface area (Å²) < 4.78 is 0. The zero-order valence-corrected chi connectivity index (χ0v) is 13.4. The molecule has 1 aliphatic carbocycles. The number of hydrogen-bond donors (Lipinski definition) is 1. The Labute approximate surface area is 119 Å². The molecule has 1 aliphatic heterocycles. The van der Waals surface area contributed by atoms with Crippen LogP contribution in [-0.2, 0) is 0 Å². The Balaban J connectivity index is 1.65. The Hall–Kier alpha value is -0.120. The fourth-order valence-electron chi connectivity index (χ4n) is 3.24. The van der Waals surface area contributed by atoms with Gasteiger partial charge in [0.1, 0.15) is 0 Å². The minimum atomic E-state index is 0.392. The molecule has 0 amide bonds. The topological polar surface area (TPSA) is 18.5 Å². The zero-order valence-electron chi connectivity index (χ0n) is 13.4. The van der Waals surface area contributed by atoms with E-state index in [1.54, 1.807) is 0 Å². The molecule has 1 saturated carbocycles. The van der Waals surface area contributed by atoms with E-state index in [4.69, 9.17) is 0 Å². The summed E-state index contributed by atoms with van der Waals surface area (Å²) in [6.45, 7) is 11.0. The molecule has 0 unspecified atom stereocenters. The highest BCUT2D eigenvalue weighted by molar-refractivity contribution is 4.85. The van der Waals surface area contributed by atoms with Crippen molar-refractivity contribution in [2.24, 2.45) is 11.3 Å². The molecule has 0 radical (unpaired) electrons. The molecule has 2 fully saturated rings. The SMILES string of the molecule is CN1CCC(CN(C)CC(C)(C)CNC2CC2)CC1. The maximum absolute atomic E-state index is 3.68. The van der Waals surface area contributed by atoms with Crippen LogP contribution in [0.3, 0.4) is 0 Å². The third kappa shape index (κ3) is 5.80. The minimum absolute atomic E-state index is 0.392. The van der Waals surface area contributed by atoms with Gasteiger partial charge in [-0.15, -0.1) is 0 Å². The highest BCUT2D eigenvalue weighted by Crippen LogP contribution is 2.23. The first-order valence-corrected chi connectivity index (χ1v) is 8.05. The Bertz CT molecular complexity index is 265.